The average molecular weight is 398 g/mol. The topological polar surface area (TPSA) is 50.7 Å². The highest BCUT2D eigenvalue weighted by Gasteiger charge is 2.27. The van der Waals surface area contributed by atoms with E-state index in [0.29, 0.717) is 24.3 Å². The lowest BCUT2D eigenvalue weighted by molar-refractivity contribution is 0.101. The summed E-state index contributed by atoms with van der Waals surface area (Å²) in [6.07, 6.45) is 4.62. The summed E-state index contributed by atoms with van der Waals surface area (Å²) >= 11 is 1.79. The maximum absolute atomic E-state index is 10.3. The van der Waals surface area contributed by atoms with Crippen molar-refractivity contribution in [3.8, 4) is 11.5 Å². The minimum atomic E-state index is -0.546. The zero-order valence-corrected chi connectivity index (χ0v) is 16.7. The van der Waals surface area contributed by atoms with E-state index < -0.39 is 6.10 Å². The van der Waals surface area contributed by atoms with E-state index in [4.69, 9.17) is 9.47 Å². The predicted octanol–water partition coefficient (Wildman–Crippen LogP) is 4.44. The molecule has 1 aliphatic carbocycles. The maximum Gasteiger partial charge on any atom is 0.123 e. The van der Waals surface area contributed by atoms with Gasteiger partial charge < -0.3 is 19.9 Å². The molecule has 0 bridgehead atoms. The van der Waals surface area contributed by atoms with Crippen LogP contribution in [0.2, 0.25) is 0 Å². The minimum Gasteiger partial charge on any atom is -0.497 e. The molecule has 1 aliphatic rings. The fraction of sp³-hybridized carbons (Fsp3) is 0.500. The maximum atomic E-state index is 10.3. The van der Waals surface area contributed by atoms with E-state index in [0.717, 1.165) is 5.75 Å². The summed E-state index contributed by atoms with van der Waals surface area (Å²) in [4.78, 5) is 1.37. The molecule has 2 atom stereocenters. The Hall–Kier alpha value is -1.27. The van der Waals surface area contributed by atoms with Gasteiger partial charge in [-0.1, -0.05) is 25.0 Å². The first-order valence-electron chi connectivity index (χ1n) is 8.98. The lowest BCUT2D eigenvalue weighted by Crippen LogP contribution is -2.36. The number of hydrogen-bond acceptors (Lipinski definition) is 5. The van der Waals surface area contributed by atoms with Crippen LogP contribution in [0.1, 0.15) is 36.6 Å². The lowest BCUT2D eigenvalue weighted by Gasteiger charge is -2.25. The molecular weight excluding hydrogens is 370 g/mol. The average Bonchev–Trinajstić information content (AvgIpc) is 3.35. The molecule has 1 fully saturated rings. The summed E-state index contributed by atoms with van der Waals surface area (Å²) in [5.41, 5.74) is 0. The van der Waals surface area contributed by atoms with Gasteiger partial charge in [0, 0.05) is 23.5 Å². The van der Waals surface area contributed by atoms with Gasteiger partial charge in [0.2, 0.25) is 0 Å². The molecule has 3 rings (SSSR count). The minimum absolute atomic E-state index is 0. The Bertz CT molecular complexity index is 632. The molecule has 0 saturated heterocycles. The highest BCUT2D eigenvalue weighted by Crippen LogP contribution is 2.37. The molecule has 4 nitrogen and oxygen atoms in total. The Balaban J connectivity index is 0.00000243. The fourth-order valence-electron chi connectivity index (χ4n) is 3.46. The molecule has 2 unspecified atom stereocenters. The van der Waals surface area contributed by atoms with Crippen molar-refractivity contribution in [2.75, 3.05) is 20.3 Å². The van der Waals surface area contributed by atoms with E-state index in [1.54, 1.807) is 18.4 Å². The van der Waals surface area contributed by atoms with E-state index in [-0.39, 0.29) is 19.0 Å². The summed E-state index contributed by atoms with van der Waals surface area (Å²) in [5.74, 6) is 2.14. The van der Waals surface area contributed by atoms with Gasteiger partial charge in [0.05, 0.1) is 7.11 Å². The van der Waals surface area contributed by atoms with Gasteiger partial charge in [-0.2, -0.15) is 0 Å². The Morgan fingerprint density at radius 2 is 1.96 bits per heavy atom. The third kappa shape index (κ3) is 5.88. The molecule has 26 heavy (non-hydrogen) atoms. The largest absolute Gasteiger partial charge is 0.497 e. The van der Waals surface area contributed by atoms with Crippen molar-refractivity contribution < 1.29 is 14.6 Å². The molecule has 0 aliphatic heterocycles. The Morgan fingerprint density at radius 1 is 1.19 bits per heavy atom. The standard InChI is InChI=1S/C20H27NO3S.ClH/c1-23-17-8-4-9-18(12-17)24-14-16(22)13-21-20(15-6-2-3-7-15)19-10-5-11-25-19;/h4-5,8-12,15-16,20-22H,2-3,6-7,13-14H2,1H3;1H. The Morgan fingerprint density at radius 3 is 2.65 bits per heavy atom. The van der Waals surface area contributed by atoms with Crippen molar-refractivity contribution in [3.63, 3.8) is 0 Å². The van der Waals surface area contributed by atoms with Crippen LogP contribution in [0.25, 0.3) is 0 Å². The summed E-state index contributed by atoms with van der Waals surface area (Å²) < 4.78 is 10.9. The molecule has 144 valence electrons. The number of nitrogens with one attached hydrogen (secondary N) is 1. The highest BCUT2D eigenvalue weighted by molar-refractivity contribution is 7.10. The van der Waals surface area contributed by atoms with E-state index in [2.05, 4.69) is 22.8 Å². The molecule has 2 N–H and O–H groups in total. The second-order valence-corrected chi connectivity index (χ2v) is 7.57. The summed E-state index contributed by atoms with van der Waals surface area (Å²) in [6.45, 7) is 0.797. The van der Waals surface area contributed by atoms with Crippen molar-refractivity contribution in [2.24, 2.45) is 5.92 Å². The van der Waals surface area contributed by atoms with Gasteiger partial charge >= 0.3 is 0 Å². The summed E-state index contributed by atoms with van der Waals surface area (Å²) in [5, 5.41) is 16.0. The fourth-order valence-corrected chi connectivity index (χ4v) is 4.36. The molecule has 1 aromatic heterocycles. The first-order valence-corrected chi connectivity index (χ1v) is 9.86. The van der Waals surface area contributed by atoms with Crippen LogP contribution in [0.3, 0.4) is 0 Å². The van der Waals surface area contributed by atoms with Gasteiger partial charge in [-0.05, 0) is 42.3 Å². The van der Waals surface area contributed by atoms with Crippen LogP contribution in [0.5, 0.6) is 11.5 Å². The van der Waals surface area contributed by atoms with Crippen LogP contribution < -0.4 is 14.8 Å². The van der Waals surface area contributed by atoms with Gasteiger partial charge in [0.1, 0.15) is 24.2 Å². The van der Waals surface area contributed by atoms with Gasteiger partial charge in [-0.3, -0.25) is 0 Å². The van der Waals surface area contributed by atoms with Crippen LogP contribution in [-0.2, 0) is 0 Å². The van der Waals surface area contributed by atoms with Crippen molar-refractivity contribution in [2.45, 2.75) is 37.8 Å². The first-order chi connectivity index (χ1) is 12.3. The number of aliphatic hydroxyl groups excluding tert-OH is 1. The van der Waals surface area contributed by atoms with Gasteiger partial charge in [0.15, 0.2) is 0 Å². The number of benzene rings is 1. The highest BCUT2D eigenvalue weighted by atomic mass is 35.5. The van der Waals surface area contributed by atoms with Crippen molar-refractivity contribution in [1.29, 1.82) is 0 Å². The van der Waals surface area contributed by atoms with Crippen LogP contribution in [0.4, 0.5) is 0 Å². The molecule has 0 spiro atoms. The molecule has 0 radical (unpaired) electrons. The van der Waals surface area contributed by atoms with Crippen LogP contribution >= 0.6 is 23.7 Å². The summed E-state index contributed by atoms with van der Waals surface area (Å²) in [6, 6.07) is 12.1. The van der Waals surface area contributed by atoms with Crippen molar-refractivity contribution in [1.82, 2.24) is 5.32 Å². The molecule has 1 heterocycles. The quantitative estimate of drug-likeness (QED) is 0.656. The number of thiophene rings is 1. The van der Waals surface area contributed by atoms with E-state index in [9.17, 15) is 5.11 Å². The second-order valence-electron chi connectivity index (χ2n) is 6.59. The molecule has 1 saturated carbocycles. The molecule has 2 aromatic rings. The molecule has 0 amide bonds. The van der Waals surface area contributed by atoms with Gasteiger partial charge in [0.25, 0.3) is 0 Å². The van der Waals surface area contributed by atoms with E-state index in [1.165, 1.54) is 30.6 Å². The molecule has 6 heteroatoms. The van der Waals surface area contributed by atoms with E-state index >= 15 is 0 Å². The Labute approximate surface area is 165 Å². The monoisotopic (exact) mass is 397 g/mol. The summed E-state index contributed by atoms with van der Waals surface area (Å²) in [7, 11) is 1.63. The van der Waals surface area contributed by atoms with Gasteiger partial charge in [-0.25, -0.2) is 0 Å². The molecular formula is C20H28ClNO3S. The van der Waals surface area contributed by atoms with E-state index in [1.807, 2.05) is 24.3 Å². The van der Waals surface area contributed by atoms with Crippen LogP contribution in [0.15, 0.2) is 41.8 Å². The third-order valence-corrected chi connectivity index (χ3v) is 5.73. The SMILES string of the molecule is COc1cccc(OCC(O)CNC(c2cccs2)C2CCCC2)c1.Cl. The number of hydrogen-bond donors (Lipinski definition) is 2. The smallest absolute Gasteiger partial charge is 0.123 e. The van der Waals surface area contributed by atoms with Crippen LogP contribution in [0, 0.1) is 5.92 Å². The Kier molecular flexibility index (Phi) is 8.72. The van der Waals surface area contributed by atoms with Crippen molar-refractivity contribution in [3.05, 3.63) is 46.7 Å². The third-order valence-electron chi connectivity index (χ3n) is 4.78. The van der Waals surface area contributed by atoms with Crippen LogP contribution in [-0.4, -0.2) is 31.5 Å². The zero-order chi connectivity index (χ0) is 17.5. The number of rotatable bonds is 9. The number of aliphatic hydroxyl groups is 1. The zero-order valence-electron chi connectivity index (χ0n) is 15.1. The predicted molar refractivity (Wildman–Crippen MR) is 109 cm³/mol. The normalized spacial score (nSPS) is 16.7. The van der Waals surface area contributed by atoms with Crippen molar-refractivity contribution >= 4 is 23.7 Å². The lowest BCUT2D eigenvalue weighted by atomic mass is 9.96. The second kappa shape index (κ2) is 10.8. The number of halogens is 1. The number of methoxy groups -OCH3 is 1. The first kappa shape index (κ1) is 21.0. The van der Waals surface area contributed by atoms with Gasteiger partial charge in [-0.15, -0.1) is 23.7 Å². The molecule has 1 aromatic carbocycles. The number of ether oxygens (including phenoxy) is 2.